The van der Waals surface area contributed by atoms with E-state index >= 15 is 0 Å². The second-order valence-electron chi connectivity index (χ2n) is 1.55. The van der Waals surface area contributed by atoms with Gasteiger partial charge < -0.3 is 6.15 Å². The van der Waals surface area contributed by atoms with Crippen molar-refractivity contribution in [1.82, 2.24) is 6.15 Å². The third-order valence-corrected chi connectivity index (χ3v) is 2.07. The summed E-state index contributed by atoms with van der Waals surface area (Å²) >= 11 is 2.38. The molecule has 2 heteroatoms. The summed E-state index contributed by atoms with van der Waals surface area (Å²) in [5, 5.41) is 0. The van der Waals surface area contributed by atoms with Crippen LogP contribution in [-0.2, 0) is 0 Å². The minimum Gasteiger partial charge on any atom is -0.344 e. The monoisotopic (exact) mass is 201 g/mol. The molecule has 0 spiro atoms. The van der Waals surface area contributed by atoms with Crippen LogP contribution in [-0.4, -0.2) is 4.43 Å². The lowest BCUT2D eigenvalue weighted by Gasteiger charge is -1.88. The van der Waals surface area contributed by atoms with Crippen molar-refractivity contribution < 1.29 is 0 Å². The van der Waals surface area contributed by atoms with E-state index in [4.69, 9.17) is 0 Å². The van der Waals surface area contributed by atoms with Gasteiger partial charge in [0.15, 0.2) is 0 Å². The van der Waals surface area contributed by atoms with Gasteiger partial charge in [0.1, 0.15) is 0 Å². The standard InChI is InChI=1S/C4H9I.H3N/c1-4(2)3-5;/h4H,3H2,1-2H3;1H3. The second kappa shape index (κ2) is 5.69. The molecule has 0 unspecified atom stereocenters. The van der Waals surface area contributed by atoms with Gasteiger partial charge in [0.2, 0.25) is 0 Å². The Kier molecular flexibility index (Phi) is 9.34. The number of hydrogen-bond acceptors (Lipinski definition) is 1. The van der Waals surface area contributed by atoms with Crippen molar-refractivity contribution in [3.05, 3.63) is 0 Å². The van der Waals surface area contributed by atoms with Crippen LogP contribution in [0.4, 0.5) is 0 Å². The molecule has 0 aliphatic rings. The average molecular weight is 201 g/mol. The van der Waals surface area contributed by atoms with Crippen molar-refractivity contribution >= 4 is 22.6 Å². The molecule has 0 heterocycles. The summed E-state index contributed by atoms with van der Waals surface area (Å²) in [4.78, 5) is 0. The first-order valence-corrected chi connectivity index (χ1v) is 3.36. The number of halogens is 1. The average Bonchev–Trinajstić information content (AvgIpc) is 1.38. The molecule has 0 saturated carbocycles. The molecule has 40 valence electrons. The smallest absolute Gasteiger partial charge is 0.00184 e. The van der Waals surface area contributed by atoms with E-state index in [2.05, 4.69) is 36.4 Å². The molecule has 0 radical (unpaired) electrons. The SMILES string of the molecule is CC(C)CI.N. The maximum atomic E-state index is 2.38. The zero-order valence-electron chi connectivity index (χ0n) is 4.37. The fourth-order valence-electron chi connectivity index (χ4n) is 0. The lowest BCUT2D eigenvalue weighted by molar-refractivity contribution is 0.763. The highest BCUT2D eigenvalue weighted by Gasteiger charge is 1.81. The van der Waals surface area contributed by atoms with Gasteiger partial charge in [-0.25, -0.2) is 0 Å². The lowest BCUT2D eigenvalue weighted by atomic mass is 10.3. The van der Waals surface area contributed by atoms with Crippen LogP contribution in [0.3, 0.4) is 0 Å². The van der Waals surface area contributed by atoms with Gasteiger partial charge in [0.05, 0.1) is 0 Å². The molecular weight excluding hydrogens is 189 g/mol. The molecule has 0 aliphatic heterocycles. The molecule has 0 fully saturated rings. The summed E-state index contributed by atoms with van der Waals surface area (Å²) in [6.07, 6.45) is 0. The first-order chi connectivity index (χ1) is 2.27. The van der Waals surface area contributed by atoms with Crippen LogP contribution >= 0.6 is 22.6 Å². The Morgan fingerprint density at radius 3 is 1.67 bits per heavy atom. The number of rotatable bonds is 1. The first-order valence-electron chi connectivity index (χ1n) is 1.83. The van der Waals surface area contributed by atoms with E-state index in [1.807, 2.05) is 0 Å². The van der Waals surface area contributed by atoms with Crippen molar-refractivity contribution in [3.63, 3.8) is 0 Å². The molecule has 0 rings (SSSR count). The van der Waals surface area contributed by atoms with Crippen LogP contribution < -0.4 is 6.15 Å². The van der Waals surface area contributed by atoms with E-state index in [1.165, 1.54) is 4.43 Å². The van der Waals surface area contributed by atoms with E-state index in [0.717, 1.165) is 5.92 Å². The van der Waals surface area contributed by atoms with Gasteiger partial charge in [0.25, 0.3) is 0 Å². The Balaban J connectivity index is 0. The van der Waals surface area contributed by atoms with Crippen molar-refractivity contribution in [3.8, 4) is 0 Å². The van der Waals surface area contributed by atoms with Crippen molar-refractivity contribution in [2.75, 3.05) is 4.43 Å². The fraction of sp³-hybridized carbons (Fsp3) is 1.00. The van der Waals surface area contributed by atoms with E-state index < -0.39 is 0 Å². The minimum absolute atomic E-state index is 0. The zero-order valence-corrected chi connectivity index (χ0v) is 6.53. The predicted octanol–water partition coefficient (Wildman–Crippen LogP) is 2.24. The molecule has 0 amide bonds. The second-order valence-corrected chi connectivity index (χ2v) is 2.43. The van der Waals surface area contributed by atoms with Gasteiger partial charge in [-0.1, -0.05) is 36.4 Å². The molecule has 0 aromatic heterocycles. The van der Waals surface area contributed by atoms with Crippen LogP contribution in [0, 0.1) is 5.92 Å². The fourth-order valence-corrected chi connectivity index (χ4v) is 0. The first kappa shape index (κ1) is 9.85. The molecule has 6 heavy (non-hydrogen) atoms. The van der Waals surface area contributed by atoms with Crippen LogP contribution in [0.25, 0.3) is 0 Å². The van der Waals surface area contributed by atoms with E-state index in [0.29, 0.717) is 0 Å². The maximum absolute atomic E-state index is 2.38. The van der Waals surface area contributed by atoms with Gasteiger partial charge in [-0.05, 0) is 5.92 Å². The van der Waals surface area contributed by atoms with Gasteiger partial charge in [-0.2, -0.15) is 0 Å². The Morgan fingerprint density at radius 1 is 1.50 bits per heavy atom. The Labute approximate surface area is 53.2 Å². The summed E-state index contributed by atoms with van der Waals surface area (Å²) < 4.78 is 1.28. The van der Waals surface area contributed by atoms with Gasteiger partial charge in [-0.3, -0.25) is 0 Å². The third-order valence-electron chi connectivity index (χ3n) is 0.309. The molecule has 0 bridgehead atoms. The Morgan fingerprint density at radius 2 is 1.67 bits per heavy atom. The largest absolute Gasteiger partial charge is 0.344 e. The lowest BCUT2D eigenvalue weighted by Crippen LogP contribution is -1.82. The third kappa shape index (κ3) is 8.83. The molecule has 0 aromatic rings. The Bertz CT molecular complexity index is 21.5. The molecular formula is C4H12IN. The van der Waals surface area contributed by atoms with Crippen molar-refractivity contribution in [2.24, 2.45) is 5.92 Å². The van der Waals surface area contributed by atoms with Gasteiger partial charge in [-0.15, -0.1) is 0 Å². The molecule has 0 aromatic carbocycles. The summed E-state index contributed by atoms with van der Waals surface area (Å²) in [7, 11) is 0. The van der Waals surface area contributed by atoms with Gasteiger partial charge >= 0.3 is 0 Å². The quantitative estimate of drug-likeness (QED) is 0.512. The molecule has 0 aliphatic carbocycles. The van der Waals surface area contributed by atoms with Gasteiger partial charge in [0, 0.05) is 4.43 Å². The van der Waals surface area contributed by atoms with Crippen LogP contribution in [0.1, 0.15) is 13.8 Å². The van der Waals surface area contributed by atoms with Crippen LogP contribution in [0.5, 0.6) is 0 Å². The van der Waals surface area contributed by atoms with E-state index in [-0.39, 0.29) is 6.15 Å². The summed E-state index contributed by atoms with van der Waals surface area (Å²) in [6, 6.07) is 0. The molecule has 0 atom stereocenters. The summed E-state index contributed by atoms with van der Waals surface area (Å²) in [5.74, 6) is 0.871. The van der Waals surface area contributed by atoms with E-state index in [9.17, 15) is 0 Å². The Hall–Kier alpha value is 0.690. The molecule has 3 N–H and O–H groups in total. The maximum Gasteiger partial charge on any atom is 0.00184 e. The van der Waals surface area contributed by atoms with Crippen molar-refractivity contribution in [2.45, 2.75) is 13.8 Å². The van der Waals surface area contributed by atoms with Crippen molar-refractivity contribution in [1.29, 1.82) is 0 Å². The van der Waals surface area contributed by atoms with Crippen LogP contribution in [0.15, 0.2) is 0 Å². The number of alkyl halides is 1. The van der Waals surface area contributed by atoms with Crippen LogP contribution in [0.2, 0.25) is 0 Å². The molecule has 0 saturated heterocycles. The zero-order chi connectivity index (χ0) is 4.28. The number of hydrogen-bond donors (Lipinski definition) is 1. The highest BCUT2D eigenvalue weighted by atomic mass is 127. The summed E-state index contributed by atoms with van der Waals surface area (Å²) in [5.41, 5.74) is 0. The van der Waals surface area contributed by atoms with E-state index in [1.54, 1.807) is 0 Å². The minimum atomic E-state index is 0. The molecule has 1 nitrogen and oxygen atoms in total. The highest BCUT2D eigenvalue weighted by Crippen LogP contribution is 1.95. The predicted molar refractivity (Wildman–Crippen MR) is 38.7 cm³/mol. The normalized spacial score (nSPS) is 8.00. The topological polar surface area (TPSA) is 35.0 Å². The highest BCUT2D eigenvalue weighted by molar-refractivity contribution is 14.1. The summed E-state index contributed by atoms with van der Waals surface area (Å²) in [6.45, 7) is 4.43.